The monoisotopic (exact) mass is 379 g/mol. The highest BCUT2D eigenvalue weighted by atomic mass is 32.2. The number of phenolic OH excluding ortho intramolecular Hbond substituents is 1. The van der Waals surface area contributed by atoms with Crippen LogP contribution >= 0.6 is 0 Å². The lowest BCUT2D eigenvalue weighted by molar-refractivity contribution is -0.385. The Morgan fingerprint density at radius 3 is 2.54 bits per heavy atom. The summed E-state index contributed by atoms with van der Waals surface area (Å²) in [5.41, 5.74) is 1.06. The maximum absolute atomic E-state index is 12.3. The standard InChI is InChI=1S/C16H17N3O6S/c1-10-4-5-15(11(2)6-10)26(23,24)18-17-9-12-7-13(19(21)22)8-14(25-3)16(12)20/h4-9,18,20H,1-3H3/b17-9+. The molecule has 0 saturated carbocycles. The Morgan fingerprint density at radius 2 is 1.96 bits per heavy atom. The van der Waals surface area contributed by atoms with E-state index in [4.69, 9.17) is 4.74 Å². The zero-order chi connectivity index (χ0) is 19.5. The van der Waals surface area contributed by atoms with Crippen LogP contribution in [0.2, 0.25) is 0 Å². The van der Waals surface area contributed by atoms with Crippen LogP contribution in [0.4, 0.5) is 5.69 Å². The third-order valence-corrected chi connectivity index (χ3v) is 4.90. The number of methoxy groups -OCH3 is 1. The van der Waals surface area contributed by atoms with Gasteiger partial charge in [0.1, 0.15) is 0 Å². The van der Waals surface area contributed by atoms with Crippen LogP contribution in [0.25, 0.3) is 0 Å². The van der Waals surface area contributed by atoms with Crippen LogP contribution < -0.4 is 9.57 Å². The van der Waals surface area contributed by atoms with E-state index in [1.54, 1.807) is 19.1 Å². The summed E-state index contributed by atoms with van der Waals surface area (Å²) in [7, 11) is -2.69. The molecule has 0 aliphatic heterocycles. The summed E-state index contributed by atoms with van der Waals surface area (Å²) < 4.78 is 29.5. The molecule has 0 unspecified atom stereocenters. The lowest BCUT2D eigenvalue weighted by atomic mass is 10.2. The van der Waals surface area contributed by atoms with E-state index in [1.165, 1.54) is 13.2 Å². The summed E-state index contributed by atoms with van der Waals surface area (Å²) in [5, 5.41) is 24.5. The van der Waals surface area contributed by atoms with E-state index in [0.717, 1.165) is 23.9 Å². The van der Waals surface area contributed by atoms with Gasteiger partial charge in [-0.25, -0.2) is 4.83 Å². The summed E-state index contributed by atoms with van der Waals surface area (Å²) in [4.78, 5) is 12.3. The zero-order valence-electron chi connectivity index (χ0n) is 14.3. The molecule has 0 heterocycles. The quantitative estimate of drug-likeness (QED) is 0.449. The number of ether oxygens (including phenoxy) is 1. The zero-order valence-corrected chi connectivity index (χ0v) is 15.1. The molecule has 2 aromatic rings. The third kappa shape index (κ3) is 4.09. The van der Waals surface area contributed by atoms with Crippen LogP contribution in [-0.4, -0.2) is 31.8 Å². The molecule has 0 atom stereocenters. The van der Waals surface area contributed by atoms with Crippen molar-refractivity contribution in [1.29, 1.82) is 0 Å². The first kappa shape index (κ1) is 19.2. The molecule has 0 aromatic heterocycles. The van der Waals surface area contributed by atoms with E-state index >= 15 is 0 Å². The van der Waals surface area contributed by atoms with Gasteiger partial charge in [0.2, 0.25) is 0 Å². The normalized spacial score (nSPS) is 11.5. The van der Waals surface area contributed by atoms with E-state index in [-0.39, 0.29) is 21.9 Å². The lowest BCUT2D eigenvalue weighted by Crippen LogP contribution is -2.19. The predicted molar refractivity (Wildman–Crippen MR) is 95.1 cm³/mol. The van der Waals surface area contributed by atoms with Gasteiger partial charge in [0.15, 0.2) is 11.5 Å². The van der Waals surface area contributed by atoms with Gasteiger partial charge in [-0.2, -0.15) is 13.5 Å². The van der Waals surface area contributed by atoms with Crippen LogP contribution in [0.1, 0.15) is 16.7 Å². The molecule has 0 aliphatic carbocycles. The fourth-order valence-electron chi connectivity index (χ4n) is 2.29. The minimum atomic E-state index is -3.93. The van der Waals surface area contributed by atoms with E-state index in [9.17, 15) is 23.6 Å². The van der Waals surface area contributed by atoms with Crippen molar-refractivity contribution in [2.75, 3.05) is 7.11 Å². The molecule has 2 N–H and O–H groups in total. The number of rotatable bonds is 6. The second-order valence-corrected chi connectivity index (χ2v) is 7.09. The molecule has 9 nitrogen and oxygen atoms in total. The van der Waals surface area contributed by atoms with E-state index in [1.807, 2.05) is 11.8 Å². The van der Waals surface area contributed by atoms with Crippen LogP contribution in [0.3, 0.4) is 0 Å². The van der Waals surface area contributed by atoms with Crippen LogP contribution in [0.15, 0.2) is 40.3 Å². The van der Waals surface area contributed by atoms with Gasteiger partial charge >= 0.3 is 0 Å². The third-order valence-electron chi connectivity index (χ3n) is 3.52. The van der Waals surface area contributed by atoms with Gasteiger partial charge in [-0.3, -0.25) is 10.1 Å². The van der Waals surface area contributed by atoms with Crippen LogP contribution in [0.5, 0.6) is 11.5 Å². The molecule has 0 aliphatic rings. The summed E-state index contributed by atoms with van der Waals surface area (Å²) in [6, 6.07) is 6.92. The van der Waals surface area contributed by atoms with Crippen molar-refractivity contribution in [3.8, 4) is 11.5 Å². The van der Waals surface area contributed by atoms with Crippen LogP contribution in [0, 0.1) is 24.0 Å². The smallest absolute Gasteiger partial charge is 0.276 e. The number of benzene rings is 2. The first-order chi connectivity index (χ1) is 12.2. The minimum absolute atomic E-state index is 0.0566. The fraction of sp³-hybridized carbons (Fsp3) is 0.188. The van der Waals surface area contributed by atoms with Gasteiger partial charge in [-0.05, 0) is 25.5 Å². The van der Waals surface area contributed by atoms with Crippen molar-refractivity contribution in [3.63, 3.8) is 0 Å². The van der Waals surface area contributed by atoms with Crippen molar-refractivity contribution < 1.29 is 23.2 Å². The number of hydrogen-bond acceptors (Lipinski definition) is 7. The maximum atomic E-state index is 12.3. The summed E-state index contributed by atoms with van der Waals surface area (Å²) in [5.74, 6) is -0.523. The number of nitro groups is 1. The molecule has 0 saturated heterocycles. The van der Waals surface area contributed by atoms with Gasteiger partial charge in [0.05, 0.1) is 29.2 Å². The highest BCUT2D eigenvalue weighted by Crippen LogP contribution is 2.33. The number of hydrazone groups is 1. The van der Waals surface area contributed by atoms with E-state index in [2.05, 4.69) is 5.10 Å². The molecule has 0 bridgehead atoms. The average molecular weight is 379 g/mol. The Morgan fingerprint density at radius 1 is 1.27 bits per heavy atom. The molecule has 2 rings (SSSR count). The number of aromatic hydroxyl groups is 1. The van der Waals surface area contributed by atoms with Crippen molar-refractivity contribution in [1.82, 2.24) is 4.83 Å². The molecule has 0 spiro atoms. The van der Waals surface area contributed by atoms with Crippen molar-refractivity contribution in [2.24, 2.45) is 5.10 Å². The van der Waals surface area contributed by atoms with Crippen molar-refractivity contribution >= 4 is 21.9 Å². The molecule has 0 radical (unpaired) electrons. The Labute approximate surface area is 150 Å². The first-order valence-corrected chi connectivity index (χ1v) is 8.81. The molecule has 2 aromatic carbocycles. The Kier molecular flexibility index (Phi) is 5.46. The number of phenols is 1. The topological polar surface area (TPSA) is 131 Å². The summed E-state index contributed by atoms with van der Waals surface area (Å²) >= 11 is 0. The number of nitro benzene ring substituents is 1. The Hall–Kier alpha value is -3.14. The first-order valence-electron chi connectivity index (χ1n) is 7.33. The number of aryl methyl sites for hydroxylation is 2. The lowest BCUT2D eigenvalue weighted by Gasteiger charge is -2.08. The maximum Gasteiger partial charge on any atom is 0.276 e. The number of sulfonamides is 1. The van der Waals surface area contributed by atoms with Gasteiger partial charge in [-0.15, -0.1) is 0 Å². The summed E-state index contributed by atoms with van der Waals surface area (Å²) in [6.07, 6.45) is 0.964. The van der Waals surface area contributed by atoms with Crippen molar-refractivity contribution in [2.45, 2.75) is 18.7 Å². The molecule has 0 fully saturated rings. The van der Waals surface area contributed by atoms with E-state index < -0.39 is 20.7 Å². The fourth-order valence-corrected chi connectivity index (χ4v) is 3.31. The molecule has 10 heteroatoms. The largest absolute Gasteiger partial charge is 0.504 e. The highest BCUT2D eigenvalue weighted by Gasteiger charge is 2.17. The average Bonchev–Trinajstić information content (AvgIpc) is 2.55. The second kappa shape index (κ2) is 7.40. The minimum Gasteiger partial charge on any atom is -0.504 e. The number of hydrogen-bond donors (Lipinski definition) is 2. The number of nitrogens with one attached hydrogen (secondary N) is 1. The molecular weight excluding hydrogens is 362 g/mol. The Balaban J connectivity index is 2.33. The van der Waals surface area contributed by atoms with Gasteiger partial charge in [0, 0.05) is 11.6 Å². The van der Waals surface area contributed by atoms with Crippen molar-refractivity contribution in [3.05, 3.63) is 57.1 Å². The highest BCUT2D eigenvalue weighted by molar-refractivity contribution is 7.89. The second-order valence-electron chi connectivity index (χ2n) is 5.46. The molecule has 138 valence electrons. The summed E-state index contributed by atoms with van der Waals surface area (Å²) in [6.45, 7) is 3.50. The van der Waals surface area contributed by atoms with Crippen LogP contribution in [-0.2, 0) is 10.0 Å². The molecule has 0 amide bonds. The van der Waals surface area contributed by atoms with Gasteiger partial charge in [0.25, 0.3) is 15.7 Å². The molecule has 26 heavy (non-hydrogen) atoms. The Bertz CT molecular complexity index is 986. The predicted octanol–water partition coefficient (Wildman–Crippen LogP) is 2.24. The van der Waals surface area contributed by atoms with Gasteiger partial charge < -0.3 is 9.84 Å². The number of nitrogens with zero attached hydrogens (tertiary/aromatic N) is 2. The number of non-ortho nitro benzene ring substituents is 1. The van der Waals surface area contributed by atoms with Gasteiger partial charge in [-0.1, -0.05) is 17.7 Å². The SMILES string of the molecule is COc1cc([N+](=O)[O-])cc(/C=N/NS(=O)(=O)c2ccc(C)cc2C)c1O. The molecular formula is C16H17N3O6S. The van der Waals surface area contributed by atoms with E-state index in [0.29, 0.717) is 5.56 Å².